The zero-order valence-corrected chi connectivity index (χ0v) is 18.7. The molecule has 0 saturated heterocycles. The van der Waals surface area contributed by atoms with Crippen LogP contribution in [0.15, 0.2) is 42.6 Å². The van der Waals surface area contributed by atoms with Gasteiger partial charge in [-0.05, 0) is 63.4 Å². The van der Waals surface area contributed by atoms with Gasteiger partial charge < -0.3 is 25.4 Å². The summed E-state index contributed by atoms with van der Waals surface area (Å²) in [5, 5.41) is 8.70. The largest absolute Gasteiger partial charge is 0.497 e. The molecule has 0 fully saturated rings. The number of hydrogen-bond donors (Lipinski definition) is 3. The first-order valence-electron chi connectivity index (χ1n) is 10.3. The van der Waals surface area contributed by atoms with E-state index in [1.807, 2.05) is 30.3 Å². The van der Waals surface area contributed by atoms with Gasteiger partial charge in [0.25, 0.3) is 0 Å². The third-order valence-corrected chi connectivity index (χ3v) is 4.17. The molecular formula is C23H32N4O4. The Labute approximate surface area is 183 Å². The van der Waals surface area contributed by atoms with E-state index in [9.17, 15) is 9.59 Å². The van der Waals surface area contributed by atoms with Gasteiger partial charge in [-0.1, -0.05) is 12.1 Å². The number of amides is 2. The Bertz CT molecular complexity index is 830. The highest BCUT2D eigenvalue weighted by atomic mass is 16.6. The summed E-state index contributed by atoms with van der Waals surface area (Å²) in [5.74, 6) is 1.45. The maximum Gasteiger partial charge on any atom is 0.407 e. The van der Waals surface area contributed by atoms with E-state index in [1.54, 1.807) is 40.1 Å². The first-order chi connectivity index (χ1) is 14.7. The molecule has 1 aromatic carbocycles. The summed E-state index contributed by atoms with van der Waals surface area (Å²) >= 11 is 0. The van der Waals surface area contributed by atoms with E-state index < -0.39 is 11.7 Å². The third-order valence-electron chi connectivity index (χ3n) is 4.17. The molecule has 2 amide bonds. The number of nitrogens with one attached hydrogen (secondary N) is 3. The van der Waals surface area contributed by atoms with Crippen LogP contribution in [0.2, 0.25) is 0 Å². The van der Waals surface area contributed by atoms with E-state index in [1.165, 1.54) is 5.56 Å². The Morgan fingerprint density at radius 3 is 2.39 bits per heavy atom. The van der Waals surface area contributed by atoms with E-state index in [-0.39, 0.29) is 12.3 Å². The maximum absolute atomic E-state index is 12.0. The minimum absolute atomic E-state index is 0.131. The summed E-state index contributed by atoms with van der Waals surface area (Å²) in [7, 11) is 1.65. The highest BCUT2D eigenvalue weighted by Gasteiger charge is 2.15. The van der Waals surface area contributed by atoms with E-state index >= 15 is 0 Å². The number of aromatic nitrogens is 1. The lowest BCUT2D eigenvalue weighted by molar-refractivity contribution is -0.116. The molecule has 0 aliphatic rings. The van der Waals surface area contributed by atoms with Crippen LogP contribution in [0, 0.1) is 0 Å². The minimum Gasteiger partial charge on any atom is -0.497 e. The van der Waals surface area contributed by atoms with Gasteiger partial charge in [0.2, 0.25) is 5.91 Å². The molecular weight excluding hydrogens is 396 g/mol. The van der Waals surface area contributed by atoms with Crippen molar-refractivity contribution < 1.29 is 19.1 Å². The van der Waals surface area contributed by atoms with Crippen molar-refractivity contribution in [2.24, 2.45) is 0 Å². The molecule has 0 aliphatic heterocycles. The molecule has 2 rings (SSSR count). The molecule has 8 nitrogen and oxygen atoms in total. The highest BCUT2D eigenvalue weighted by molar-refractivity contribution is 5.90. The lowest BCUT2D eigenvalue weighted by Gasteiger charge is -2.19. The van der Waals surface area contributed by atoms with Crippen LogP contribution >= 0.6 is 0 Å². The highest BCUT2D eigenvalue weighted by Crippen LogP contribution is 2.13. The van der Waals surface area contributed by atoms with Gasteiger partial charge in [0, 0.05) is 19.5 Å². The van der Waals surface area contributed by atoms with Crippen molar-refractivity contribution in [3.63, 3.8) is 0 Å². The Morgan fingerprint density at radius 2 is 1.77 bits per heavy atom. The molecule has 0 saturated carbocycles. The predicted molar refractivity (Wildman–Crippen MR) is 122 cm³/mol. The Balaban J connectivity index is 1.64. The van der Waals surface area contributed by atoms with Crippen LogP contribution in [-0.4, -0.2) is 42.8 Å². The molecule has 168 valence electrons. The second kappa shape index (κ2) is 11.8. The van der Waals surface area contributed by atoms with Gasteiger partial charge >= 0.3 is 6.09 Å². The quantitative estimate of drug-likeness (QED) is 0.495. The summed E-state index contributed by atoms with van der Waals surface area (Å²) in [4.78, 5) is 27.9. The molecule has 0 bridgehead atoms. The van der Waals surface area contributed by atoms with Crippen LogP contribution in [0.4, 0.5) is 16.3 Å². The van der Waals surface area contributed by atoms with Gasteiger partial charge in [-0.25, -0.2) is 9.78 Å². The zero-order chi connectivity index (χ0) is 22.7. The number of pyridine rings is 1. The Morgan fingerprint density at radius 1 is 1.03 bits per heavy atom. The average Bonchev–Trinajstić information content (AvgIpc) is 2.72. The van der Waals surface area contributed by atoms with E-state index in [0.717, 1.165) is 24.5 Å². The fraction of sp³-hybridized carbons (Fsp3) is 0.435. The van der Waals surface area contributed by atoms with Crippen LogP contribution < -0.4 is 20.7 Å². The second-order valence-electron chi connectivity index (χ2n) is 8.04. The standard InChI is InChI=1S/C23H32N4O4/c1-23(2,3)31-22(29)25-14-5-6-21(28)27-18-9-12-20(26-16-18)24-15-13-17-7-10-19(30-4)11-8-17/h7-12,16H,5-6,13-15H2,1-4H3,(H,24,26)(H,25,29)(H,27,28). The smallest absolute Gasteiger partial charge is 0.407 e. The van der Waals surface area contributed by atoms with Crippen LogP contribution in [0.5, 0.6) is 5.75 Å². The molecule has 31 heavy (non-hydrogen) atoms. The van der Waals surface area contributed by atoms with Gasteiger partial charge in [-0.3, -0.25) is 4.79 Å². The van der Waals surface area contributed by atoms with E-state index in [2.05, 4.69) is 20.9 Å². The number of rotatable bonds is 10. The summed E-state index contributed by atoms with van der Waals surface area (Å²) in [6.45, 7) is 6.52. The number of alkyl carbamates (subject to hydrolysis) is 1. The number of nitrogens with zero attached hydrogens (tertiary/aromatic N) is 1. The summed E-state index contributed by atoms with van der Waals surface area (Å²) < 4.78 is 10.3. The maximum atomic E-state index is 12.0. The fourth-order valence-electron chi connectivity index (χ4n) is 2.68. The molecule has 0 unspecified atom stereocenters. The Hall–Kier alpha value is -3.29. The van der Waals surface area contributed by atoms with Crippen LogP contribution in [0.25, 0.3) is 0 Å². The van der Waals surface area contributed by atoms with Gasteiger partial charge in [0.1, 0.15) is 17.2 Å². The average molecular weight is 429 g/mol. The second-order valence-corrected chi connectivity index (χ2v) is 8.04. The van der Waals surface area contributed by atoms with Crippen molar-refractivity contribution in [2.45, 2.75) is 45.6 Å². The Kier molecular flexibility index (Phi) is 9.12. The van der Waals surface area contributed by atoms with Crippen molar-refractivity contribution in [1.82, 2.24) is 10.3 Å². The zero-order valence-electron chi connectivity index (χ0n) is 18.7. The SMILES string of the molecule is COc1ccc(CCNc2ccc(NC(=O)CCCNC(=O)OC(C)(C)C)cn2)cc1. The summed E-state index contributed by atoms with van der Waals surface area (Å²) in [6, 6.07) is 11.6. The number of methoxy groups -OCH3 is 1. The van der Waals surface area contributed by atoms with Crippen LogP contribution in [0.3, 0.4) is 0 Å². The molecule has 2 aromatic rings. The first-order valence-corrected chi connectivity index (χ1v) is 10.3. The molecule has 8 heteroatoms. The third kappa shape index (κ3) is 9.84. The number of benzene rings is 1. The summed E-state index contributed by atoms with van der Waals surface area (Å²) in [6.07, 6.45) is 2.81. The van der Waals surface area contributed by atoms with Crippen molar-refractivity contribution in [3.05, 3.63) is 48.2 Å². The van der Waals surface area contributed by atoms with E-state index in [0.29, 0.717) is 18.7 Å². The monoisotopic (exact) mass is 428 g/mol. The van der Waals surface area contributed by atoms with Crippen molar-refractivity contribution >= 4 is 23.5 Å². The number of carbonyl (C=O) groups is 2. The molecule has 0 atom stereocenters. The normalized spacial score (nSPS) is 10.8. The number of hydrogen-bond acceptors (Lipinski definition) is 6. The van der Waals surface area contributed by atoms with E-state index in [4.69, 9.17) is 9.47 Å². The minimum atomic E-state index is -0.537. The topological polar surface area (TPSA) is 102 Å². The van der Waals surface area contributed by atoms with Gasteiger partial charge in [0.15, 0.2) is 0 Å². The van der Waals surface area contributed by atoms with Gasteiger partial charge in [0.05, 0.1) is 19.0 Å². The van der Waals surface area contributed by atoms with Crippen molar-refractivity contribution in [1.29, 1.82) is 0 Å². The molecule has 0 spiro atoms. The van der Waals surface area contributed by atoms with Crippen LogP contribution in [0.1, 0.15) is 39.2 Å². The molecule has 3 N–H and O–H groups in total. The van der Waals surface area contributed by atoms with Crippen molar-refractivity contribution in [3.8, 4) is 5.75 Å². The molecule has 0 radical (unpaired) electrons. The molecule has 1 aromatic heterocycles. The molecule has 0 aliphatic carbocycles. The van der Waals surface area contributed by atoms with Crippen LogP contribution in [-0.2, 0) is 16.0 Å². The van der Waals surface area contributed by atoms with Crippen molar-refractivity contribution in [2.75, 3.05) is 30.8 Å². The summed E-state index contributed by atoms with van der Waals surface area (Å²) in [5.41, 5.74) is 1.30. The molecule has 1 heterocycles. The first kappa shape index (κ1) is 24.0. The number of anilines is 2. The predicted octanol–water partition coefficient (Wildman–Crippen LogP) is 3.99. The number of carbonyl (C=O) groups excluding carboxylic acids is 2. The fourth-order valence-corrected chi connectivity index (χ4v) is 2.68. The lowest BCUT2D eigenvalue weighted by atomic mass is 10.1. The number of ether oxygens (including phenoxy) is 2. The van der Waals surface area contributed by atoms with Gasteiger partial charge in [-0.2, -0.15) is 0 Å². The van der Waals surface area contributed by atoms with Gasteiger partial charge in [-0.15, -0.1) is 0 Å². The lowest BCUT2D eigenvalue weighted by Crippen LogP contribution is -2.33.